The van der Waals surface area contributed by atoms with Gasteiger partial charge in [-0.3, -0.25) is 9.36 Å². The van der Waals surface area contributed by atoms with Crippen LogP contribution in [-0.4, -0.2) is 35.3 Å². The molecule has 0 unspecified atom stereocenters. The molecule has 0 fully saturated rings. The van der Waals surface area contributed by atoms with Crippen LogP contribution in [0.5, 0.6) is 0 Å². The molecule has 10 nitrogen and oxygen atoms in total. The Balaban J connectivity index is 2.26. The number of anilines is 3. The van der Waals surface area contributed by atoms with Gasteiger partial charge in [0.2, 0.25) is 0 Å². The minimum Gasteiger partial charge on any atom is -0.382 e. The number of carbonyl (C=O) groups is 1. The normalized spacial score (nSPS) is 10.9. The van der Waals surface area contributed by atoms with E-state index in [9.17, 15) is 4.79 Å². The number of hydrogen-bond donors (Lipinski definition) is 3. The van der Waals surface area contributed by atoms with Crippen molar-refractivity contribution in [3.05, 3.63) is 18.3 Å². The number of aromatic nitrogens is 6. The lowest BCUT2D eigenvalue weighted by molar-refractivity contribution is 0.101. The number of nitrogens with zero attached hydrogens (tertiary/aromatic N) is 6. The fraction of sp³-hybridized carbons (Fsp3) is 0.0909. The molecule has 0 radical (unpaired) electrons. The van der Waals surface area contributed by atoms with Gasteiger partial charge >= 0.3 is 0 Å². The van der Waals surface area contributed by atoms with Crippen LogP contribution in [0.3, 0.4) is 0 Å². The van der Waals surface area contributed by atoms with Gasteiger partial charge in [0, 0.05) is 6.92 Å². The van der Waals surface area contributed by atoms with E-state index in [2.05, 4.69) is 24.9 Å². The molecule has 3 rings (SSSR count). The monoisotopic (exact) mass is 285 g/mol. The van der Waals surface area contributed by atoms with E-state index in [1.54, 1.807) is 0 Å². The molecule has 3 heterocycles. The zero-order chi connectivity index (χ0) is 15.1. The fourth-order valence-corrected chi connectivity index (χ4v) is 1.90. The number of hydrogen-bond acceptors (Lipinski definition) is 9. The van der Waals surface area contributed by atoms with Crippen LogP contribution in [0.4, 0.5) is 17.5 Å². The van der Waals surface area contributed by atoms with Gasteiger partial charge in [-0.25, -0.2) is 24.9 Å². The Hall–Kier alpha value is -3.30. The summed E-state index contributed by atoms with van der Waals surface area (Å²) in [5.41, 5.74) is 18.1. The molecule has 106 valence electrons. The molecule has 3 aromatic rings. The highest BCUT2D eigenvalue weighted by molar-refractivity contribution is 5.97. The number of Topliss-reactive ketones (excluding diaryl/α,β-unsaturated/α-hetero) is 1. The van der Waals surface area contributed by atoms with Gasteiger partial charge in [0.25, 0.3) is 0 Å². The average molecular weight is 285 g/mol. The molecule has 0 amide bonds. The highest BCUT2D eigenvalue weighted by Crippen LogP contribution is 2.22. The van der Waals surface area contributed by atoms with Crippen molar-refractivity contribution in [1.82, 2.24) is 29.5 Å². The predicted octanol–water partition coefficient (Wildman–Crippen LogP) is -0.445. The van der Waals surface area contributed by atoms with Crippen molar-refractivity contribution in [1.29, 1.82) is 0 Å². The molecule has 0 saturated heterocycles. The maximum atomic E-state index is 11.4. The van der Waals surface area contributed by atoms with E-state index in [1.165, 1.54) is 24.1 Å². The first-order valence-corrected chi connectivity index (χ1v) is 5.87. The van der Waals surface area contributed by atoms with Crippen LogP contribution >= 0.6 is 0 Å². The van der Waals surface area contributed by atoms with Crippen molar-refractivity contribution in [3.8, 4) is 5.82 Å². The smallest absolute Gasteiger partial charge is 0.184 e. The van der Waals surface area contributed by atoms with Crippen molar-refractivity contribution < 1.29 is 4.79 Å². The van der Waals surface area contributed by atoms with E-state index in [1.807, 2.05) is 0 Å². The van der Waals surface area contributed by atoms with Gasteiger partial charge in [0.15, 0.2) is 45.9 Å². The van der Waals surface area contributed by atoms with Crippen LogP contribution in [0.1, 0.15) is 17.4 Å². The SMILES string of the molecule is CC(=O)c1nc(N)c(-n2cnc3c(N)ncnc32)nc1N. The molecule has 10 heteroatoms. The first kappa shape index (κ1) is 12.7. The lowest BCUT2D eigenvalue weighted by Gasteiger charge is -2.08. The maximum Gasteiger partial charge on any atom is 0.184 e. The molecule has 0 aliphatic carbocycles. The first-order chi connectivity index (χ1) is 9.99. The zero-order valence-corrected chi connectivity index (χ0v) is 11.0. The Morgan fingerprint density at radius 1 is 1.05 bits per heavy atom. The van der Waals surface area contributed by atoms with Crippen LogP contribution in [-0.2, 0) is 0 Å². The predicted molar refractivity (Wildman–Crippen MR) is 75.5 cm³/mol. The molecule has 0 aromatic carbocycles. The second kappa shape index (κ2) is 4.37. The molecule has 3 aromatic heterocycles. The van der Waals surface area contributed by atoms with Gasteiger partial charge in [-0.1, -0.05) is 0 Å². The van der Waals surface area contributed by atoms with E-state index in [-0.39, 0.29) is 34.7 Å². The summed E-state index contributed by atoms with van der Waals surface area (Å²) in [5, 5.41) is 0. The number of rotatable bonds is 2. The fourth-order valence-electron chi connectivity index (χ4n) is 1.90. The van der Waals surface area contributed by atoms with Gasteiger partial charge in [0.05, 0.1) is 0 Å². The van der Waals surface area contributed by atoms with Crippen molar-refractivity contribution >= 4 is 34.4 Å². The molecule has 0 atom stereocenters. The molecule has 0 aliphatic heterocycles. The number of nitrogens with two attached hydrogens (primary N) is 3. The number of nitrogen functional groups attached to an aromatic ring is 3. The summed E-state index contributed by atoms with van der Waals surface area (Å²) >= 11 is 0. The third-order valence-electron chi connectivity index (χ3n) is 2.85. The molecule has 0 bridgehead atoms. The van der Waals surface area contributed by atoms with Crippen LogP contribution < -0.4 is 17.2 Å². The van der Waals surface area contributed by atoms with Gasteiger partial charge in [-0.05, 0) is 0 Å². The second-order valence-electron chi connectivity index (χ2n) is 4.27. The van der Waals surface area contributed by atoms with Crippen LogP contribution in [0.2, 0.25) is 0 Å². The lowest BCUT2D eigenvalue weighted by Crippen LogP contribution is -2.13. The summed E-state index contributed by atoms with van der Waals surface area (Å²) in [6, 6.07) is 0. The minimum atomic E-state index is -0.319. The van der Waals surface area contributed by atoms with E-state index < -0.39 is 0 Å². The highest BCUT2D eigenvalue weighted by Gasteiger charge is 2.17. The number of fused-ring (bicyclic) bond motifs is 1. The summed E-state index contributed by atoms with van der Waals surface area (Å²) in [7, 11) is 0. The minimum absolute atomic E-state index is 0.0180. The molecule has 21 heavy (non-hydrogen) atoms. The Bertz CT molecular complexity index is 870. The summed E-state index contributed by atoms with van der Waals surface area (Å²) in [6.45, 7) is 1.33. The molecule has 6 N–H and O–H groups in total. The van der Waals surface area contributed by atoms with Crippen molar-refractivity contribution in [3.63, 3.8) is 0 Å². The number of imidazole rings is 1. The lowest BCUT2D eigenvalue weighted by atomic mass is 10.3. The summed E-state index contributed by atoms with van der Waals surface area (Å²) < 4.78 is 1.48. The van der Waals surface area contributed by atoms with Crippen LogP contribution in [0.15, 0.2) is 12.7 Å². The van der Waals surface area contributed by atoms with Gasteiger partial charge in [-0.2, -0.15) is 0 Å². The first-order valence-electron chi connectivity index (χ1n) is 5.87. The largest absolute Gasteiger partial charge is 0.382 e. The third-order valence-corrected chi connectivity index (χ3v) is 2.85. The maximum absolute atomic E-state index is 11.4. The van der Waals surface area contributed by atoms with Crippen LogP contribution in [0.25, 0.3) is 17.0 Å². The van der Waals surface area contributed by atoms with E-state index in [0.717, 1.165) is 0 Å². The summed E-state index contributed by atoms with van der Waals surface area (Å²) in [6.07, 6.45) is 2.73. The van der Waals surface area contributed by atoms with Gasteiger partial charge < -0.3 is 17.2 Å². The third kappa shape index (κ3) is 1.89. The Morgan fingerprint density at radius 2 is 1.81 bits per heavy atom. The molecular formula is C11H11N9O. The Morgan fingerprint density at radius 3 is 2.52 bits per heavy atom. The Labute approximate surface area is 118 Å². The standard InChI is InChI=1S/C11H11N9O/c1-4(21)5-8(13)19-11(9(14)18-5)20-3-17-6-7(12)15-2-16-10(6)20/h2-3H,1H3,(H2,13,19)(H2,14,18)(H2,12,15,16). The second-order valence-corrected chi connectivity index (χ2v) is 4.27. The van der Waals surface area contributed by atoms with Crippen molar-refractivity contribution in [2.45, 2.75) is 6.92 Å². The van der Waals surface area contributed by atoms with E-state index >= 15 is 0 Å². The molecule has 0 spiro atoms. The average Bonchev–Trinajstić information content (AvgIpc) is 2.86. The quantitative estimate of drug-likeness (QED) is 0.529. The van der Waals surface area contributed by atoms with Crippen molar-refractivity contribution in [2.24, 2.45) is 0 Å². The summed E-state index contributed by atoms with van der Waals surface area (Å²) in [5.74, 6) is 0.151. The van der Waals surface area contributed by atoms with Crippen molar-refractivity contribution in [2.75, 3.05) is 17.2 Å². The zero-order valence-electron chi connectivity index (χ0n) is 11.0. The van der Waals surface area contributed by atoms with E-state index in [0.29, 0.717) is 11.2 Å². The molecule has 0 aliphatic rings. The van der Waals surface area contributed by atoms with Crippen LogP contribution in [0, 0.1) is 0 Å². The summed E-state index contributed by atoms with van der Waals surface area (Å²) in [4.78, 5) is 31.5. The number of ketones is 1. The van der Waals surface area contributed by atoms with Gasteiger partial charge in [0.1, 0.15) is 12.7 Å². The van der Waals surface area contributed by atoms with E-state index in [4.69, 9.17) is 17.2 Å². The number of carbonyl (C=O) groups excluding carboxylic acids is 1. The topological polar surface area (TPSA) is 165 Å². The van der Waals surface area contributed by atoms with Gasteiger partial charge in [-0.15, -0.1) is 0 Å². The molecule has 0 saturated carbocycles. The molecular weight excluding hydrogens is 274 g/mol. The Kier molecular flexibility index (Phi) is 2.65. The highest BCUT2D eigenvalue weighted by atomic mass is 16.1.